The van der Waals surface area contributed by atoms with Crippen molar-refractivity contribution in [1.29, 1.82) is 0 Å². The van der Waals surface area contributed by atoms with Crippen molar-refractivity contribution in [2.45, 2.75) is 26.7 Å². The van der Waals surface area contributed by atoms with Crippen molar-refractivity contribution in [1.82, 2.24) is 10.3 Å². The van der Waals surface area contributed by atoms with E-state index in [1.165, 1.54) is 0 Å². The largest absolute Gasteiger partial charge is 0.481 e. The molecule has 110 valence electrons. The van der Waals surface area contributed by atoms with Crippen LogP contribution >= 0.6 is 15.9 Å². The number of carboxylic acid groups (broad SMARTS) is 1. The number of halogens is 1. The number of carbonyl (C=O) groups is 2. The second kappa shape index (κ2) is 7.99. The van der Waals surface area contributed by atoms with Gasteiger partial charge in [-0.1, -0.05) is 13.8 Å². The number of pyridine rings is 1. The van der Waals surface area contributed by atoms with Crippen LogP contribution in [0, 0.1) is 11.8 Å². The molecule has 1 atom stereocenters. The summed E-state index contributed by atoms with van der Waals surface area (Å²) in [7, 11) is 0. The average molecular weight is 343 g/mol. The van der Waals surface area contributed by atoms with E-state index in [1.807, 2.05) is 13.8 Å². The number of aromatic nitrogens is 1. The normalized spacial score (nSPS) is 12.2. The molecular formula is C14H19BrN2O3. The third kappa shape index (κ3) is 6.14. The average Bonchev–Trinajstić information content (AvgIpc) is 2.35. The van der Waals surface area contributed by atoms with E-state index in [2.05, 4.69) is 26.2 Å². The standard InChI is InChI=1S/C14H19BrN2O3/c1-9(2)5-10(6-13(18)19)7-17-14(20)12-4-3-11(15)8-16-12/h3-4,8-10H,5-7H2,1-2H3,(H,17,20)(H,18,19)/t10-/m0/s1. The van der Waals surface area contributed by atoms with Crippen molar-refractivity contribution >= 4 is 27.8 Å². The van der Waals surface area contributed by atoms with Crippen LogP contribution < -0.4 is 5.32 Å². The van der Waals surface area contributed by atoms with Gasteiger partial charge in [0.15, 0.2) is 0 Å². The lowest BCUT2D eigenvalue weighted by Gasteiger charge is -2.17. The Morgan fingerprint density at radius 2 is 2.10 bits per heavy atom. The zero-order chi connectivity index (χ0) is 15.1. The molecule has 0 fully saturated rings. The maximum Gasteiger partial charge on any atom is 0.303 e. The topological polar surface area (TPSA) is 79.3 Å². The zero-order valence-corrected chi connectivity index (χ0v) is 13.2. The smallest absolute Gasteiger partial charge is 0.303 e. The lowest BCUT2D eigenvalue weighted by molar-refractivity contribution is -0.138. The monoisotopic (exact) mass is 342 g/mol. The maximum absolute atomic E-state index is 11.9. The first-order valence-electron chi connectivity index (χ1n) is 6.50. The van der Waals surface area contributed by atoms with Gasteiger partial charge < -0.3 is 10.4 Å². The Balaban J connectivity index is 2.55. The lowest BCUT2D eigenvalue weighted by atomic mass is 9.94. The summed E-state index contributed by atoms with van der Waals surface area (Å²) in [5.74, 6) is -0.794. The predicted molar refractivity (Wildman–Crippen MR) is 79.5 cm³/mol. The molecule has 6 heteroatoms. The molecule has 1 aromatic rings. The van der Waals surface area contributed by atoms with E-state index in [9.17, 15) is 9.59 Å². The molecule has 2 N–H and O–H groups in total. The molecule has 0 aromatic carbocycles. The Morgan fingerprint density at radius 1 is 1.40 bits per heavy atom. The molecule has 1 aromatic heterocycles. The van der Waals surface area contributed by atoms with Gasteiger partial charge in [-0.2, -0.15) is 0 Å². The van der Waals surface area contributed by atoms with E-state index >= 15 is 0 Å². The van der Waals surface area contributed by atoms with E-state index < -0.39 is 5.97 Å². The Bertz CT molecular complexity index is 460. The van der Waals surface area contributed by atoms with Crippen LogP contribution in [-0.2, 0) is 4.79 Å². The van der Waals surface area contributed by atoms with E-state index in [-0.39, 0.29) is 18.2 Å². The van der Waals surface area contributed by atoms with Gasteiger partial charge in [-0.3, -0.25) is 9.59 Å². The van der Waals surface area contributed by atoms with Gasteiger partial charge in [0.2, 0.25) is 0 Å². The molecule has 0 bridgehead atoms. The molecule has 0 spiro atoms. The number of amides is 1. The minimum Gasteiger partial charge on any atom is -0.481 e. The van der Waals surface area contributed by atoms with Crippen LogP contribution in [0.1, 0.15) is 37.2 Å². The Kier molecular flexibility index (Phi) is 6.64. The first-order chi connectivity index (χ1) is 9.38. The Hall–Kier alpha value is -1.43. The lowest BCUT2D eigenvalue weighted by Crippen LogP contribution is -2.31. The van der Waals surface area contributed by atoms with Crippen molar-refractivity contribution in [3.63, 3.8) is 0 Å². The fraction of sp³-hybridized carbons (Fsp3) is 0.500. The fourth-order valence-electron chi connectivity index (χ4n) is 1.99. The van der Waals surface area contributed by atoms with Gasteiger partial charge in [0.1, 0.15) is 5.69 Å². The van der Waals surface area contributed by atoms with Crippen LogP contribution in [-0.4, -0.2) is 28.5 Å². The number of nitrogens with one attached hydrogen (secondary N) is 1. The zero-order valence-electron chi connectivity index (χ0n) is 11.6. The first kappa shape index (κ1) is 16.6. The number of carbonyl (C=O) groups excluding carboxylic acids is 1. The molecule has 0 saturated carbocycles. The van der Waals surface area contributed by atoms with Gasteiger partial charge in [0, 0.05) is 23.6 Å². The highest BCUT2D eigenvalue weighted by atomic mass is 79.9. The first-order valence-corrected chi connectivity index (χ1v) is 7.29. The molecule has 0 radical (unpaired) electrons. The highest BCUT2D eigenvalue weighted by Crippen LogP contribution is 2.15. The SMILES string of the molecule is CC(C)C[C@H](CNC(=O)c1ccc(Br)cn1)CC(=O)O. The second-order valence-electron chi connectivity index (χ2n) is 5.17. The quantitative estimate of drug-likeness (QED) is 0.798. The number of nitrogens with zero attached hydrogens (tertiary/aromatic N) is 1. The van der Waals surface area contributed by atoms with E-state index in [0.717, 1.165) is 10.9 Å². The van der Waals surface area contributed by atoms with Gasteiger partial charge in [-0.05, 0) is 46.3 Å². The van der Waals surface area contributed by atoms with Gasteiger partial charge in [-0.15, -0.1) is 0 Å². The van der Waals surface area contributed by atoms with Crippen LogP contribution in [0.3, 0.4) is 0 Å². The van der Waals surface area contributed by atoms with Gasteiger partial charge >= 0.3 is 5.97 Å². The third-order valence-electron chi connectivity index (χ3n) is 2.78. The summed E-state index contributed by atoms with van der Waals surface area (Å²) in [4.78, 5) is 26.7. The fourth-order valence-corrected chi connectivity index (χ4v) is 2.22. The third-order valence-corrected chi connectivity index (χ3v) is 3.25. The molecule has 1 heterocycles. The maximum atomic E-state index is 11.9. The molecule has 0 saturated heterocycles. The molecule has 1 rings (SSSR count). The van der Waals surface area contributed by atoms with Gasteiger partial charge in [0.25, 0.3) is 5.91 Å². The number of aliphatic carboxylic acids is 1. The van der Waals surface area contributed by atoms with Crippen molar-refractivity contribution in [3.05, 3.63) is 28.5 Å². The Morgan fingerprint density at radius 3 is 2.60 bits per heavy atom. The minimum absolute atomic E-state index is 0.0617. The minimum atomic E-state index is -0.841. The van der Waals surface area contributed by atoms with E-state index in [4.69, 9.17) is 5.11 Å². The molecular weight excluding hydrogens is 324 g/mol. The van der Waals surface area contributed by atoms with Crippen LogP contribution in [0.2, 0.25) is 0 Å². The van der Waals surface area contributed by atoms with Crippen LogP contribution in [0.15, 0.2) is 22.8 Å². The summed E-state index contributed by atoms with van der Waals surface area (Å²) in [6.45, 7) is 4.42. The summed E-state index contributed by atoms with van der Waals surface area (Å²) < 4.78 is 0.803. The number of rotatable bonds is 7. The molecule has 5 nitrogen and oxygen atoms in total. The molecule has 0 aliphatic rings. The predicted octanol–water partition coefficient (Wildman–Crippen LogP) is 2.71. The van der Waals surface area contributed by atoms with Crippen molar-refractivity contribution < 1.29 is 14.7 Å². The number of hydrogen-bond acceptors (Lipinski definition) is 3. The van der Waals surface area contributed by atoms with Crippen molar-refractivity contribution in [3.8, 4) is 0 Å². The summed E-state index contributed by atoms with van der Waals surface area (Å²) in [5.41, 5.74) is 0.326. The van der Waals surface area contributed by atoms with Crippen molar-refractivity contribution in [2.24, 2.45) is 11.8 Å². The van der Waals surface area contributed by atoms with Crippen LogP contribution in [0.25, 0.3) is 0 Å². The summed E-state index contributed by atoms with van der Waals surface area (Å²) in [6, 6.07) is 3.36. The molecule has 20 heavy (non-hydrogen) atoms. The van der Waals surface area contributed by atoms with Crippen LogP contribution in [0.4, 0.5) is 0 Å². The highest BCUT2D eigenvalue weighted by molar-refractivity contribution is 9.10. The summed E-state index contributed by atoms with van der Waals surface area (Å²) in [5, 5.41) is 11.6. The molecule has 1 amide bonds. The second-order valence-corrected chi connectivity index (χ2v) is 6.08. The van der Waals surface area contributed by atoms with Crippen LogP contribution in [0.5, 0.6) is 0 Å². The molecule has 0 unspecified atom stereocenters. The van der Waals surface area contributed by atoms with Gasteiger partial charge in [-0.25, -0.2) is 4.98 Å². The summed E-state index contributed by atoms with van der Waals surface area (Å²) in [6.07, 6.45) is 2.38. The van der Waals surface area contributed by atoms with Gasteiger partial charge in [0.05, 0.1) is 0 Å². The van der Waals surface area contributed by atoms with Crippen molar-refractivity contribution in [2.75, 3.05) is 6.54 Å². The van der Waals surface area contributed by atoms with E-state index in [0.29, 0.717) is 18.2 Å². The number of hydrogen-bond donors (Lipinski definition) is 2. The number of carboxylic acids is 1. The highest BCUT2D eigenvalue weighted by Gasteiger charge is 2.16. The Labute approximate surface area is 126 Å². The summed E-state index contributed by atoms with van der Waals surface area (Å²) >= 11 is 3.25. The van der Waals surface area contributed by atoms with E-state index in [1.54, 1.807) is 18.3 Å². The molecule has 0 aliphatic heterocycles. The molecule has 0 aliphatic carbocycles.